The molecule has 1 aromatic heterocycles. The maximum Gasteiger partial charge on any atom is 0.294 e. The minimum absolute atomic E-state index is 0.00533. The number of rotatable bonds is 7. The molecule has 0 aliphatic heterocycles. The van der Waals surface area contributed by atoms with Gasteiger partial charge in [0.05, 0.1) is 16.9 Å². The summed E-state index contributed by atoms with van der Waals surface area (Å²) in [6, 6.07) is 4.24. The third kappa shape index (κ3) is 4.21. The van der Waals surface area contributed by atoms with E-state index in [1.165, 1.54) is 35.3 Å². The molecule has 1 aromatic carbocycles. The molecule has 0 aliphatic carbocycles. The number of nitro groups is 1. The average molecular weight is 346 g/mol. The van der Waals surface area contributed by atoms with Crippen LogP contribution in [0.25, 0.3) is 5.69 Å². The topological polar surface area (TPSA) is 110 Å². The molecule has 25 heavy (non-hydrogen) atoms. The van der Waals surface area contributed by atoms with Gasteiger partial charge in [-0.15, -0.1) is 0 Å². The predicted octanol–water partition coefficient (Wildman–Crippen LogP) is 2.31. The van der Waals surface area contributed by atoms with Crippen molar-refractivity contribution >= 4 is 11.6 Å². The van der Waals surface area contributed by atoms with Gasteiger partial charge in [0.2, 0.25) is 0 Å². The average Bonchev–Trinajstić information content (AvgIpc) is 3.12. The molecule has 0 spiro atoms. The van der Waals surface area contributed by atoms with Gasteiger partial charge in [0.1, 0.15) is 5.69 Å². The fourth-order valence-corrected chi connectivity index (χ4v) is 2.41. The molecule has 2 unspecified atom stereocenters. The van der Waals surface area contributed by atoms with E-state index in [1.54, 1.807) is 13.1 Å². The highest BCUT2D eigenvalue weighted by Gasteiger charge is 2.28. The molecule has 2 rings (SSSR count). The smallest absolute Gasteiger partial charge is 0.294 e. The Morgan fingerprint density at radius 3 is 2.80 bits per heavy atom. The maximum atomic E-state index is 12.3. The number of nitrogens with zero attached hydrogens (tertiary/aromatic N) is 3. The van der Waals surface area contributed by atoms with Crippen LogP contribution in [0, 0.1) is 16.0 Å². The highest BCUT2D eigenvalue weighted by atomic mass is 16.6. The van der Waals surface area contributed by atoms with Crippen LogP contribution in [-0.4, -0.2) is 37.6 Å². The normalized spacial score (nSPS) is 14.6. The number of aromatic nitrogens is 2. The van der Waals surface area contributed by atoms with Crippen molar-refractivity contribution in [1.29, 1.82) is 0 Å². The van der Waals surface area contributed by atoms with E-state index in [0.717, 1.165) is 6.42 Å². The van der Waals surface area contributed by atoms with Gasteiger partial charge in [0.25, 0.3) is 11.6 Å². The Balaban J connectivity index is 2.21. The van der Waals surface area contributed by atoms with Crippen molar-refractivity contribution in [3.8, 4) is 5.69 Å². The van der Waals surface area contributed by atoms with E-state index in [0.29, 0.717) is 5.69 Å². The standard InChI is InChI=1S/C17H22N4O4/c1-4-12(2)17(3,23)10-19-16(22)13-5-6-14(15(9-13)21(24)25)20-8-7-18-11-20/h5-9,11-12,23H,4,10H2,1-3H3,(H,19,22). The number of nitrogens with one attached hydrogen (secondary N) is 1. The summed E-state index contributed by atoms with van der Waals surface area (Å²) in [6.45, 7) is 5.58. The molecule has 0 fully saturated rings. The van der Waals surface area contributed by atoms with E-state index in [1.807, 2.05) is 13.8 Å². The van der Waals surface area contributed by atoms with E-state index in [-0.39, 0.29) is 23.7 Å². The largest absolute Gasteiger partial charge is 0.388 e. The van der Waals surface area contributed by atoms with Crippen molar-refractivity contribution in [2.75, 3.05) is 6.54 Å². The highest BCUT2D eigenvalue weighted by Crippen LogP contribution is 2.24. The number of hydrogen-bond donors (Lipinski definition) is 2. The molecule has 2 N–H and O–H groups in total. The second-order valence-electron chi connectivity index (χ2n) is 6.28. The molecule has 8 heteroatoms. The van der Waals surface area contributed by atoms with E-state index < -0.39 is 16.4 Å². The Bertz CT molecular complexity index is 756. The monoisotopic (exact) mass is 346 g/mol. The quantitative estimate of drug-likeness (QED) is 0.590. The van der Waals surface area contributed by atoms with Gasteiger partial charge in [-0.2, -0.15) is 0 Å². The van der Waals surface area contributed by atoms with Crippen molar-refractivity contribution in [3.63, 3.8) is 0 Å². The molecule has 2 atom stereocenters. The van der Waals surface area contributed by atoms with Crippen LogP contribution in [-0.2, 0) is 0 Å². The van der Waals surface area contributed by atoms with E-state index in [2.05, 4.69) is 10.3 Å². The van der Waals surface area contributed by atoms with Crippen molar-refractivity contribution in [1.82, 2.24) is 14.9 Å². The van der Waals surface area contributed by atoms with Crippen LogP contribution in [0.1, 0.15) is 37.6 Å². The summed E-state index contributed by atoms with van der Waals surface area (Å²) in [6.07, 6.45) is 5.33. The summed E-state index contributed by atoms with van der Waals surface area (Å²) in [5.74, 6) is -0.463. The second kappa shape index (κ2) is 7.43. The first-order valence-electron chi connectivity index (χ1n) is 8.03. The van der Waals surface area contributed by atoms with Gasteiger partial charge in [-0.3, -0.25) is 14.9 Å². The molecule has 0 radical (unpaired) electrons. The molecule has 0 bridgehead atoms. The Labute approximate surface area is 145 Å². The lowest BCUT2D eigenvalue weighted by atomic mass is 9.88. The van der Waals surface area contributed by atoms with Crippen LogP contribution in [0.15, 0.2) is 36.9 Å². The summed E-state index contributed by atoms with van der Waals surface area (Å²) in [7, 11) is 0. The Morgan fingerprint density at radius 1 is 1.52 bits per heavy atom. The Kier molecular flexibility index (Phi) is 5.53. The highest BCUT2D eigenvalue weighted by molar-refractivity contribution is 5.95. The van der Waals surface area contributed by atoms with Crippen LogP contribution in [0.2, 0.25) is 0 Å². The van der Waals surface area contributed by atoms with Crippen molar-refractivity contribution in [2.45, 2.75) is 32.8 Å². The number of benzene rings is 1. The second-order valence-corrected chi connectivity index (χ2v) is 6.28. The lowest BCUT2D eigenvalue weighted by Crippen LogP contribution is -2.45. The van der Waals surface area contributed by atoms with Crippen molar-refractivity contribution in [3.05, 3.63) is 52.6 Å². The van der Waals surface area contributed by atoms with E-state index in [4.69, 9.17) is 0 Å². The number of amides is 1. The van der Waals surface area contributed by atoms with Crippen molar-refractivity contribution < 1.29 is 14.8 Å². The molecule has 0 saturated carbocycles. The Hall–Kier alpha value is -2.74. The molecule has 0 saturated heterocycles. The molecular formula is C17H22N4O4. The van der Waals surface area contributed by atoms with Gasteiger partial charge < -0.3 is 15.0 Å². The first-order chi connectivity index (χ1) is 11.8. The SMILES string of the molecule is CCC(C)C(C)(O)CNC(=O)c1ccc(-n2ccnc2)c([N+](=O)[O-])c1. The van der Waals surface area contributed by atoms with E-state index >= 15 is 0 Å². The third-order valence-corrected chi connectivity index (χ3v) is 4.50. The minimum atomic E-state index is -1.05. The number of aliphatic hydroxyl groups is 1. The fourth-order valence-electron chi connectivity index (χ4n) is 2.41. The molecule has 8 nitrogen and oxygen atoms in total. The summed E-state index contributed by atoms with van der Waals surface area (Å²) in [5.41, 5.74) is -0.756. The van der Waals surface area contributed by atoms with Gasteiger partial charge in [0.15, 0.2) is 0 Å². The van der Waals surface area contributed by atoms with Crippen LogP contribution < -0.4 is 5.32 Å². The van der Waals surface area contributed by atoms with Gasteiger partial charge >= 0.3 is 0 Å². The molecular weight excluding hydrogens is 324 g/mol. The predicted molar refractivity (Wildman–Crippen MR) is 92.6 cm³/mol. The lowest BCUT2D eigenvalue weighted by Gasteiger charge is -2.29. The number of nitro benzene ring substituents is 1. The number of carbonyl (C=O) groups is 1. The van der Waals surface area contributed by atoms with Crippen LogP contribution in [0.3, 0.4) is 0 Å². The van der Waals surface area contributed by atoms with Crippen molar-refractivity contribution in [2.24, 2.45) is 5.92 Å². The molecule has 1 amide bonds. The summed E-state index contributed by atoms with van der Waals surface area (Å²) in [5, 5.41) is 24.3. The van der Waals surface area contributed by atoms with Gasteiger partial charge in [-0.25, -0.2) is 4.98 Å². The third-order valence-electron chi connectivity index (χ3n) is 4.50. The van der Waals surface area contributed by atoms with Gasteiger partial charge in [0, 0.05) is 30.6 Å². The Morgan fingerprint density at radius 2 is 2.24 bits per heavy atom. The van der Waals surface area contributed by atoms with Crippen LogP contribution in [0.5, 0.6) is 0 Å². The first kappa shape index (κ1) is 18.6. The zero-order valence-corrected chi connectivity index (χ0v) is 14.5. The van der Waals surface area contributed by atoms with E-state index in [9.17, 15) is 20.0 Å². The summed E-state index contributed by atoms with van der Waals surface area (Å²) in [4.78, 5) is 27.0. The zero-order valence-electron chi connectivity index (χ0n) is 14.5. The molecule has 2 aromatic rings. The number of hydrogen-bond acceptors (Lipinski definition) is 5. The summed E-state index contributed by atoms with van der Waals surface area (Å²) >= 11 is 0. The molecule has 0 aliphatic rings. The van der Waals surface area contributed by atoms with Crippen LogP contribution in [0.4, 0.5) is 5.69 Å². The maximum absolute atomic E-state index is 12.3. The number of carbonyl (C=O) groups excluding carboxylic acids is 1. The van der Waals surface area contributed by atoms with Gasteiger partial charge in [-0.05, 0) is 25.0 Å². The van der Waals surface area contributed by atoms with Crippen LogP contribution >= 0.6 is 0 Å². The minimum Gasteiger partial charge on any atom is -0.388 e. The fraction of sp³-hybridized carbons (Fsp3) is 0.412. The zero-order chi connectivity index (χ0) is 18.6. The molecule has 134 valence electrons. The first-order valence-corrected chi connectivity index (χ1v) is 8.03. The number of imidazole rings is 1. The molecule has 1 heterocycles. The lowest BCUT2D eigenvalue weighted by molar-refractivity contribution is -0.384. The van der Waals surface area contributed by atoms with Gasteiger partial charge in [-0.1, -0.05) is 20.3 Å². The summed E-state index contributed by atoms with van der Waals surface area (Å²) < 4.78 is 1.51.